The Morgan fingerprint density at radius 3 is 2.55 bits per heavy atom. The van der Waals surface area contributed by atoms with Crippen molar-refractivity contribution in [3.8, 4) is 0 Å². The van der Waals surface area contributed by atoms with E-state index in [1.165, 1.54) is 18.6 Å². The van der Waals surface area contributed by atoms with Crippen LogP contribution in [-0.2, 0) is 14.3 Å². The molecule has 0 saturated heterocycles. The molecule has 2 heterocycles. The van der Waals surface area contributed by atoms with Crippen molar-refractivity contribution in [2.45, 2.75) is 69.8 Å². The molecule has 1 aliphatic heterocycles. The summed E-state index contributed by atoms with van der Waals surface area (Å²) in [7, 11) is 0. The average Bonchev–Trinajstić information content (AvgIpc) is 3.34. The third kappa shape index (κ3) is 4.26. The maximum Gasteiger partial charge on any atom is 0.337 e. The monoisotopic (exact) mass is 449 g/mol. The van der Waals surface area contributed by atoms with Crippen LogP contribution in [-0.4, -0.2) is 17.9 Å². The van der Waals surface area contributed by atoms with Crippen molar-refractivity contribution in [1.82, 2.24) is 5.32 Å². The molecule has 0 amide bonds. The predicted octanol–water partition coefficient (Wildman–Crippen LogP) is 5.66. The van der Waals surface area contributed by atoms with Crippen molar-refractivity contribution in [1.29, 1.82) is 0 Å². The van der Waals surface area contributed by atoms with Crippen LogP contribution in [0.25, 0.3) is 0 Å². The largest absolute Gasteiger partial charge is 0.468 e. The molecular formula is C27H28FNO4. The van der Waals surface area contributed by atoms with Crippen molar-refractivity contribution >= 4 is 11.8 Å². The summed E-state index contributed by atoms with van der Waals surface area (Å²) in [6.07, 6.45) is 7.44. The number of ether oxygens (including phenoxy) is 1. The van der Waals surface area contributed by atoms with Gasteiger partial charge in [0.15, 0.2) is 5.78 Å². The van der Waals surface area contributed by atoms with Crippen LogP contribution in [0.5, 0.6) is 0 Å². The number of halogens is 1. The number of furan rings is 1. The molecule has 172 valence electrons. The molecule has 2 atom stereocenters. The van der Waals surface area contributed by atoms with Gasteiger partial charge in [-0.2, -0.15) is 0 Å². The van der Waals surface area contributed by atoms with Crippen molar-refractivity contribution in [3.05, 3.63) is 82.3 Å². The van der Waals surface area contributed by atoms with Gasteiger partial charge in [-0.1, -0.05) is 18.6 Å². The zero-order chi connectivity index (χ0) is 22.9. The third-order valence-electron chi connectivity index (χ3n) is 7.04. The van der Waals surface area contributed by atoms with Gasteiger partial charge in [-0.25, -0.2) is 9.18 Å². The first-order chi connectivity index (χ1) is 16.0. The standard InChI is InChI=1S/C27H28FNO4/c1-16-24(27(31)33-20-6-3-2-4-7-20)26(23-8-5-13-32-23)25-21(29-16)14-18(15-22(25)30)17-9-11-19(28)12-10-17/h5,8-13,18,20,26,29H,2-4,6-7,14-15H2,1H3/t18-,26-/m1/s1. The van der Waals surface area contributed by atoms with Gasteiger partial charge in [0, 0.05) is 23.4 Å². The van der Waals surface area contributed by atoms with Crippen LogP contribution in [0.3, 0.4) is 0 Å². The number of nitrogens with one attached hydrogen (secondary N) is 1. The lowest BCUT2D eigenvalue weighted by atomic mass is 9.73. The Morgan fingerprint density at radius 1 is 1.09 bits per heavy atom. The van der Waals surface area contributed by atoms with Gasteiger partial charge in [-0.15, -0.1) is 0 Å². The van der Waals surface area contributed by atoms with Crippen LogP contribution in [0, 0.1) is 5.82 Å². The van der Waals surface area contributed by atoms with Crippen molar-refractivity contribution < 1.29 is 23.1 Å². The molecule has 0 radical (unpaired) electrons. The first kappa shape index (κ1) is 21.7. The summed E-state index contributed by atoms with van der Waals surface area (Å²) < 4.78 is 25.0. The molecule has 2 aromatic rings. The fraction of sp³-hybridized carbons (Fsp3) is 0.407. The van der Waals surface area contributed by atoms with E-state index in [4.69, 9.17) is 9.15 Å². The van der Waals surface area contributed by atoms with Crippen molar-refractivity contribution in [2.24, 2.45) is 0 Å². The molecule has 1 N–H and O–H groups in total. The number of hydrogen-bond acceptors (Lipinski definition) is 5. The molecule has 3 aliphatic rings. The highest BCUT2D eigenvalue weighted by molar-refractivity contribution is 6.04. The molecule has 6 heteroatoms. The van der Waals surface area contributed by atoms with Crippen molar-refractivity contribution in [3.63, 3.8) is 0 Å². The highest BCUT2D eigenvalue weighted by atomic mass is 19.1. The van der Waals surface area contributed by atoms with E-state index in [2.05, 4.69) is 5.32 Å². The summed E-state index contributed by atoms with van der Waals surface area (Å²) in [5.41, 5.74) is 3.43. The summed E-state index contributed by atoms with van der Waals surface area (Å²) in [4.78, 5) is 26.8. The van der Waals surface area contributed by atoms with Gasteiger partial charge in [0.05, 0.1) is 17.8 Å². The smallest absolute Gasteiger partial charge is 0.337 e. The number of dihydropyridines is 1. The number of Topliss-reactive ketones (excluding diaryl/α,β-unsaturated/α-hetero) is 1. The molecular weight excluding hydrogens is 421 g/mol. The summed E-state index contributed by atoms with van der Waals surface area (Å²) in [6.45, 7) is 1.85. The van der Waals surface area contributed by atoms with E-state index in [0.29, 0.717) is 35.4 Å². The van der Waals surface area contributed by atoms with E-state index in [1.807, 2.05) is 6.92 Å². The van der Waals surface area contributed by atoms with Crippen LogP contribution in [0.15, 0.2) is 69.6 Å². The minimum atomic E-state index is -0.589. The molecule has 5 rings (SSSR count). The average molecular weight is 450 g/mol. The maximum absolute atomic E-state index is 13.5. The van der Waals surface area contributed by atoms with Crippen molar-refractivity contribution in [2.75, 3.05) is 0 Å². The number of rotatable bonds is 4. The number of allylic oxidation sites excluding steroid dienone is 3. The molecule has 5 nitrogen and oxygen atoms in total. The Bertz CT molecular complexity index is 1110. The van der Waals surface area contributed by atoms with Crippen LogP contribution in [0.2, 0.25) is 0 Å². The van der Waals surface area contributed by atoms with Gasteiger partial charge in [-0.05, 0) is 74.8 Å². The number of ketones is 1. The lowest BCUT2D eigenvalue weighted by Crippen LogP contribution is -2.36. The first-order valence-corrected chi connectivity index (χ1v) is 11.7. The molecule has 0 unspecified atom stereocenters. The van der Waals surface area contributed by atoms with Crippen LogP contribution < -0.4 is 5.32 Å². The Labute approximate surface area is 192 Å². The second-order valence-corrected chi connectivity index (χ2v) is 9.25. The van der Waals surface area contributed by atoms with Gasteiger partial charge in [0.25, 0.3) is 0 Å². The Hall–Kier alpha value is -3.15. The molecule has 2 aliphatic carbocycles. The predicted molar refractivity (Wildman–Crippen MR) is 121 cm³/mol. The number of hydrogen-bond donors (Lipinski definition) is 1. The zero-order valence-electron chi connectivity index (χ0n) is 18.7. The second kappa shape index (κ2) is 9.00. The van der Waals surface area contributed by atoms with E-state index in [-0.39, 0.29) is 29.6 Å². The number of esters is 1. The number of carbonyl (C=O) groups is 2. The van der Waals surface area contributed by atoms with Crippen LogP contribution in [0.4, 0.5) is 4.39 Å². The third-order valence-corrected chi connectivity index (χ3v) is 7.04. The lowest BCUT2D eigenvalue weighted by Gasteiger charge is -2.36. The number of carbonyl (C=O) groups excluding carboxylic acids is 2. The van der Waals surface area contributed by atoms with Crippen LogP contribution >= 0.6 is 0 Å². The number of benzene rings is 1. The van der Waals surface area contributed by atoms with Gasteiger partial charge in [0.2, 0.25) is 0 Å². The SMILES string of the molecule is CC1=C(C(=O)OC2CCCCC2)[C@@H](c2ccco2)C2=C(C[C@@H](c3ccc(F)cc3)CC2=O)N1. The van der Waals surface area contributed by atoms with Gasteiger partial charge < -0.3 is 14.5 Å². The molecule has 33 heavy (non-hydrogen) atoms. The summed E-state index contributed by atoms with van der Waals surface area (Å²) in [5, 5.41) is 3.34. The quantitative estimate of drug-likeness (QED) is 0.611. The highest BCUT2D eigenvalue weighted by Gasteiger charge is 2.43. The molecule has 1 saturated carbocycles. The molecule has 1 fully saturated rings. The normalized spacial score (nSPS) is 23.9. The Kier molecular flexibility index (Phi) is 5.92. The first-order valence-electron chi connectivity index (χ1n) is 11.7. The topological polar surface area (TPSA) is 68.5 Å². The molecule has 1 aromatic carbocycles. The Balaban J connectivity index is 1.48. The van der Waals surface area contributed by atoms with E-state index in [0.717, 1.165) is 36.9 Å². The van der Waals surface area contributed by atoms with Gasteiger partial charge in [0.1, 0.15) is 17.7 Å². The van der Waals surface area contributed by atoms with E-state index in [1.54, 1.807) is 30.5 Å². The van der Waals surface area contributed by atoms with E-state index >= 15 is 0 Å². The highest BCUT2D eigenvalue weighted by Crippen LogP contribution is 2.46. The fourth-order valence-corrected chi connectivity index (χ4v) is 5.42. The lowest BCUT2D eigenvalue weighted by molar-refractivity contribution is -0.146. The maximum atomic E-state index is 13.5. The Morgan fingerprint density at radius 2 is 1.85 bits per heavy atom. The zero-order valence-corrected chi connectivity index (χ0v) is 18.7. The summed E-state index contributed by atoms with van der Waals surface area (Å²) in [5.74, 6) is -0.788. The van der Waals surface area contributed by atoms with E-state index < -0.39 is 5.92 Å². The molecule has 0 bridgehead atoms. The summed E-state index contributed by atoms with van der Waals surface area (Å²) in [6, 6.07) is 9.90. The molecule has 1 aromatic heterocycles. The van der Waals surface area contributed by atoms with Gasteiger partial charge >= 0.3 is 5.97 Å². The fourth-order valence-electron chi connectivity index (χ4n) is 5.42. The molecule has 0 spiro atoms. The minimum Gasteiger partial charge on any atom is -0.468 e. The summed E-state index contributed by atoms with van der Waals surface area (Å²) >= 11 is 0. The van der Waals surface area contributed by atoms with Crippen LogP contribution in [0.1, 0.15) is 75.0 Å². The minimum absolute atomic E-state index is 0.0325. The van der Waals surface area contributed by atoms with Gasteiger partial charge in [-0.3, -0.25) is 4.79 Å². The second-order valence-electron chi connectivity index (χ2n) is 9.25. The van der Waals surface area contributed by atoms with E-state index in [9.17, 15) is 14.0 Å².